The summed E-state index contributed by atoms with van der Waals surface area (Å²) in [7, 11) is 0. The number of anilines is 1. The highest BCUT2D eigenvalue weighted by Gasteiger charge is 2.13. The van der Waals surface area contributed by atoms with Gasteiger partial charge in [-0.3, -0.25) is 9.59 Å². The number of ether oxygens (including phenoxy) is 2. The van der Waals surface area contributed by atoms with E-state index in [1.54, 1.807) is 30.3 Å². The van der Waals surface area contributed by atoms with E-state index < -0.39 is 25.1 Å². The summed E-state index contributed by atoms with van der Waals surface area (Å²) in [5.74, 6) is -1.46. The topological polar surface area (TPSA) is 64.6 Å². The van der Waals surface area contributed by atoms with E-state index in [1.165, 1.54) is 18.2 Å². The average Bonchev–Trinajstić information content (AvgIpc) is 2.56. The molecular formula is C17H14ClF2NO4. The van der Waals surface area contributed by atoms with Crippen LogP contribution in [0.15, 0.2) is 48.5 Å². The maximum absolute atomic E-state index is 12.3. The molecule has 0 aliphatic carbocycles. The van der Waals surface area contributed by atoms with Gasteiger partial charge in [0.25, 0.3) is 5.91 Å². The van der Waals surface area contributed by atoms with Gasteiger partial charge in [0.15, 0.2) is 6.61 Å². The van der Waals surface area contributed by atoms with Crippen molar-refractivity contribution in [1.82, 2.24) is 0 Å². The Morgan fingerprint density at radius 2 is 1.76 bits per heavy atom. The Hall–Kier alpha value is -2.67. The lowest BCUT2D eigenvalue weighted by molar-refractivity contribution is -0.146. The highest BCUT2D eigenvalue weighted by Crippen LogP contribution is 2.25. The van der Waals surface area contributed by atoms with Gasteiger partial charge in [-0.1, -0.05) is 35.9 Å². The van der Waals surface area contributed by atoms with Gasteiger partial charge in [-0.2, -0.15) is 8.78 Å². The molecule has 0 saturated carbocycles. The number of para-hydroxylation sites is 2. The number of halogens is 3. The molecule has 0 heterocycles. The Bertz CT molecular complexity index is 738. The number of nitrogens with one attached hydrogen (secondary N) is 1. The first-order chi connectivity index (χ1) is 11.9. The van der Waals surface area contributed by atoms with Gasteiger partial charge in [0.2, 0.25) is 0 Å². The third-order valence-corrected chi connectivity index (χ3v) is 3.26. The van der Waals surface area contributed by atoms with Gasteiger partial charge in [0.1, 0.15) is 5.75 Å². The van der Waals surface area contributed by atoms with Crippen molar-refractivity contribution in [1.29, 1.82) is 0 Å². The zero-order valence-electron chi connectivity index (χ0n) is 12.9. The van der Waals surface area contributed by atoms with Crippen molar-refractivity contribution in [3.05, 3.63) is 59.1 Å². The van der Waals surface area contributed by atoms with Crippen molar-refractivity contribution in [3.63, 3.8) is 0 Å². The Morgan fingerprint density at radius 3 is 2.44 bits per heavy atom. The molecule has 2 rings (SSSR count). The predicted octanol–water partition coefficient (Wildman–Crippen LogP) is 3.67. The van der Waals surface area contributed by atoms with E-state index in [0.29, 0.717) is 10.6 Å². The third kappa shape index (κ3) is 6.39. The van der Waals surface area contributed by atoms with E-state index in [2.05, 4.69) is 10.1 Å². The lowest BCUT2D eigenvalue weighted by Gasteiger charge is -2.11. The maximum Gasteiger partial charge on any atom is 0.387 e. The van der Waals surface area contributed by atoms with E-state index in [9.17, 15) is 18.4 Å². The maximum atomic E-state index is 12.3. The average molecular weight is 370 g/mol. The van der Waals surface area contributed by atoms with Crippen LogP contribution < -0.4 is 10.1 Å². The summed E-state index contributed by atoms with van der Waals surface area (Å²) in [4.78, 5) is 23.5. The number of alkyl halides is 2. The number of carbonyl (C=O) groups is 2. The third-order valence-electron chi connectivity index (χ3n) is 3.00. The number of carbonyl (C=O) groups excluding carboxylic acids is 2. The quantitative estimate of drug-likeness (QED) is 0.756. The zero-order valence-corrected chi connectivity index (χ0v) is 13.6. The SMILES string of the molecule is O=C(COC(=O)Cc1ccc(Cl)cc1)Nc1ccccc1OC(F)F. The van der Waals surface area contributed by atoms with E-state index in [1.807, 2.05) is 0 Å². The monoisotopic (exact) mass is 369 g/mol. The molecule has 0 saturated heterocycles. The fourth-order valence-corrected chi connectivity index (χ4v) is 2.05. The summed E-state index contributed by atoms with van der Waals surface area (Å²) >= 11 is 5.75. The van der Waals surface area contributed by atoms with Crippen molar-refractivity contribution in [2.24, 2.45) is 0 Å². The minimum atomic E-state index is -3.02. The highest BCUT2D eigenvalue weighted by atomic mass is 35.5. The number of benzene rings is 2. The van der Waals surface area contributed by atoms with Crippen LogP contribution in [0.1, 0.15) is 5.56 Å². The van der Waals surface area contributed by atoms with Gasteiger partial charge >= 0.3 is 12.6 Å². The van der Waals surface area contributed by atoms with E-state index >= 15 is 0 Å². The summed E-state index contributed by atoms with van der Waals surface area (Å²) in [5, 5.41) is 2.89. The lowest BCUT2D eigenvalue weighted by atomic mass is 10.1. The highest BCUT2D eigenvalue weighted by molar-refractivity contribution is 6.30. The van der Waals surface area contributed by atoms with E-state index in [4.69, 9.17) is 16.3 Å². The van der Waals surface area contributed by atoms with Gasteiger partial charge in [-0.15, -0.1) is 0 Å². The summed E-state index contributed by atoms with van der Waals surface area (Å²) in [5.41, 5.74) is 0.743. The van der Waals surface area contributed by atoms with Gasteiger partial charge in [0, 0.05) is 5.02 Å². The van der Waals surface area contributed by atoms with Crippen LogP contribution >= 0.6 is 11.6 Å². The second kappa shape index (κ2) is 8.98. The molecule has 1 amide bonds. The minimum absolute atomic E-state index is 0.0183. The normalized spacial score (nSPS) is 10.4. The summed E-state index contributed by atoms with van der Waals surface area (Å²) in [6, 6.07) is 12.3. The molecule has 1 N–H and O–H groups in total. The van der Waals surface area contributed by atoms with Crippen LogP contribution in [0.4, 0.5) is 14.5 Å². The molecule has 0 aromatic heterocycles. The van der Waals surface area contributed by atoms with E-state index in [-0.39, 0.29) is 17.9 Å². The van der Waals surface area contributed by atoms with Crippen LogP contribution in [-0.4, -0.2) is 25.1 Å². The van der Waals surface area contributed by atoms with Crippen molar-refractivity contribution in [2.75, 3.05) is 11.9 Å². The minimum Gasteiger partial charge on any atom is -0.455 e. The molecule has 132 valence electrons. The zero-order chi connectivity index (χ0) is 18.2. The summed E-state index contributed by atoms with van der Waals surface area (Å²) in [6.45, 7) is -3.56. The number of esters is 1. The molecule has 0 spiro atoms. The van der Waals surface area contributed by atoms with Crippen molar-refractivity contribution >= 4 is 29.2 Å². The molecule has 8 heteroatoms. The largest absolute Gasteiger partial charge is 0.455 e. The molecule has 0 radical (unpaired) electrons. The van der Waals surface area contributed by atoms with Gasteiger partial charge in [-0.05, 0) is 29.8 Å². The number of amides is 1. The molecule has 0 atom stereocenters. The van der Waals surface area contributed by atoms with Crippen LogP contribution in [0.2, 0.25) is 5.02 Å². The van der Waals surface area contributed by atoms with Gasteiger partial charge in [-0.25, -0.2) is 0 Å². The fraction of sp³-hybridized carbons (Fsp3) is 0.176. The molecule has 0 unspecified atom stereocenters. The fourth-order valence-electron chi connectivity index (χ4n) is 1.92. The summed E-state index contributed by atoms with van der Waals surface area (Å²) in [6.07, 6.45) is -0.0183. The molecule has 0 bridgehead atoms. The molecule has 0 aliphatic rings. The number of hydrogen-bond donors (Lipinski definition) is 1. The Morgan fingerprint density at radius 1 is 1.08 bits per heavy atom. The van der Waals surface area contributed by atoms with Crippen molar-refractivity contribution in [3.8, 4) is 5.75 Å². The van der Waals surface area contributed by atoms with Crippen LogP contribution in [0.3, 0.4) is 0 Å². The Balaban J connectivity index is 1.84. The second-order valence-electron chi connectivity index (χ2n) is 4.89. The molecule has 2 aromatic carbocycles. The molecule has 0 aliphatic heterocycles. The van der Waals surface area contributed by atoms with Crippen LogP contribution in [-0.2, 0) is 20.7 Å². The van der Waals surface area contributed by atoms with Crippen LogP contribution in [0, 0.1) is 0 Å². The van der Waals surface area contributed by atoms with Crippen LogP contribution in [0.5, 0.6) is 5.75 Å². The van der Waals surface area contributed by atoms with E-state index in [0.717, 1.165) is 0 Å². The van der Waals surface area contributed by atoms with Crippen molar-refractivity contribution < 1.29 is 27.8 Å². The second-order valence-corrected chi connectivity index (χ2v) is 5.32. The number of hydrogen-bond acceptors (Lipinski definition) is 4. The van der Waals surface area contributed by atoms with Gasteiger partial charge in [0.05, 0.1) is 12.1 Å². The van der Waals surface area contributed by atoms with Crippen molar-refractivity contribution in [2.45, 2.75) is 13.0 Å². The molecular weight excluding hydrogens is 356 g/mol. The van der Waals surface area contributed by atoms with Gasteiger partial charge < -0.3 is 14.8 Å². The number of rotatable bonds is 7. The predicted molar refractivity (Wildman–Crippen MR) is 87.8 cm³/mol. The summed E-state index contributed by atoms with van der Waals surface area (Å²) < 4.78 is 33.8. The first kappa shape index (κ1) is 18.7. The lowest BCUT2D eigenvalue weighted by Crippen LogP contribution is -2.22. The first-order valence-corrected chi connectivity index (χ1v) is 7.55. The molecule has 0 fully saturated rings. The first-order valence-electron chi connectivity index (χ1n) is 7.18. The Labute approximate surface area is 147 Å². The Kier molecular flexibility index (Phi) is 6.71. The molecule has 5 nitrogen and oxygen atoms in total. The molecule has 2 aromatic rings. The van der Waals surface area contributed by atoms with Crippen LogP contribution in [0.25, 0.3) is 0 Å². The smallest absolute Gasteiger partial charge is 0.387 e. The molecule has 25 heavy (non-hydrogen) atoms. The standard InChI is InChI=1S/C17H14ClF2NO4/c18-12-7-5-11(6-8-12)9-16(23)24-10-15(22)21-13-3-1-2-4-14(13)25-17(19)20/h1-8,17H,9-10H2,(H,21,22).